The van der Waals surface area contributed by atoms with Crippen molar-refractivity contribution in [1.29, 1.82) is 0 Å². The van der Waals surface area contributed by atoms with Gasteiger partial charge >= 0.3 is 5.97 Å². The SMILES string of the molecule is CCCCCCCCCCCCCCCCCCC(CC)C(=O)OCC. The van der Waals surface area contributed by atoms with Gasteiger partial charge in [0.2, 0.25) is 0 Å². The highest BCUT2D eigenvalue weighted by atomic mass is 16.5. The summed E-state index contributed by atoms with van der Waals surface area (Å²) in [5.41, 5.74) is 0. The molecule has 0 rings (SSSR count). The third-order valence-corrected chi connectivity index (χ3v) is 5.52. The minimum atomic E-state index is 0.0101. The van der Waals surface area contributed by atoms with Crippen molar-refractivity contribution < 1.29 is 9.53 Å². The number of hydrogen-bond donors (Lipinski definition) is 0. The van der Waals surface area contributed by atoms with Crippen molar-refractivity contribution in [3.8, 4) is 0 Å². The van der Waals surface area contributed by atoms with Crippen LogP contribution in [0.15, 0.2) is 0 Å². The van der Waals surface area contributed by atoms with Crippen LogP contribution in [0, 0.1) is 5.92 Å². The first-order valence-corrected chi connectivity index (χ1v) is 11.9. The smallest absolute Gasteiger partial charge is 0.308 e. The normalized spacial score (nSPS) is 12.3. The lowest BCUT2D eigenvalue weighted by Gasteiger charge is -2.13. The first kappa shape index (κ1) is 25.5. The van der Waals surface area contributed by atoms with E-state index in [1.54, 1.807) is 0 Å². The van der Waals surface area contributed by atoms with Crippen LogP contribution in [0.25, 0.3) is 0 Å². The van der Waals surface area contributed by atoms with Gasteiger partial charge in [-0.1, -0.05) is 117 Å². The molecule has 2 heteroatoms. The molecule has 0 aliphatic carbocycles. The summed E-state index contributed by atoms with van der Waals surface area (Å²) in [6.45, 7) is 6.77. The molecule has 0 bridgehead atoms. The molecule has 0 N–H and O–H groups in total. The minimum absolute atomic E-state index is 0.0101. The van der Waals surface area contributed by atoms with Gasteiger partial charge in [-0.3, -0.25) is 4.79 Å². The third kappa shape index (κ3) is 16.9. The topological polar surface area (TPSA) is 26.3 Å². The molecule has 0 saturated heterocycles. The second-order valence-electron chi connectivity index (χ2n) is 7.95. The molecule has 2 nitrogen and oxygen atoms in total. The second-order valence-corrected chi connectivity index (χ2v) is 7.95. The van der Waals surface area contributed by atoms with Crippen LogP contribution in [0.1, 0.15) is 136 Å². The van der Waals surface area contributed by atoms with Crippen LogP contribution in [0.2, 0.25) is 0 Å². The number of esters is 1. The zero-order valence-electron chi connectivity index (χ0n) is 18.3. The molecule has 0 aromatic carbocycles. The molecular formula is C24H48O2. The average Bonchev–Trinajstić information content (AvgIpc) is 2.64. The van der Waals surface area contributed by atoms with Gasteiger partial charge in [-0.2, -0.15) is 0 Å². The molecule has 0 aliphatic rings. The Hall–Kier alpha value is -0.530. The van der Waals surface area contributed by atoms with Crippen molar-refractivity contribution in [2.45, 2.75) is 136 Å². The van der Waals surface area contributed by atoms with Crippen molar-refractivity contribution in [2.24, 2.45) is 5.92 Å². The maximum atomic E-state index is 11.7. The zero-order valence-corrected chi connectivity index (χ0v) is 18.3. The number of carbonyl (C=O) groups is 1. The highest BCUT2D eigenvalue weighted by Crippen LogP contribution is 2.17. The fraction of sp³-hybridized carbons (Fsp3) is 0.958. The average molecular weight is 369 g/mol. The Morgan fingerprint density at radius 2 is 1.00 bits per heavy atom. The molecule has 1 unspecified atom stereocenters. The van der Waals surface area contributed by atoms with Gasteiger partial charge in [0.1, 0.15) is 0 Å². The van der Waals surface area contributed by atoms with Crippen LogP contribution in [-0.2, 0) is 9.53 Å². The summed E-state index contributed by atoms with van der Waals surface area (Å²) >= 11 is 0. The lowest BCUT2D eigenvalue weighted by molar-refractivity contribution is -0.148. The van der Waals surface area contributed by atoms with Gasteiger partial charge in [-0.05, 0) is 19.8 Å². The van der Waals surface area contributed by atoms with E-state index in [0.717, 1.165) is 12.8 Å². The van der Waals surface area contributed by atoms with E-state index in [1.807, 2.05) is 6.92 Å². The summed E-state index contributed by atoms with van der Waals surface area (Å²) < 4.78 is 5.14. The Kier molecular flexibility index (Phi) is 20.4. The van der Waals surface area contributed by atoms with Crippen molar-refractivity contribution in [3.05, 3.63) is 0 Å². The molecule has 0 radical (unpaired) electrons. The van der Waals surface area contributed by atoms with E-state index in [0.29, 0.717) is 6.61 Å². The number of rotatable bonds is 20. The largest absolute Gasteiger partial charge is 0.466 e. The number of hydrogen-bond acceptors (Lipinski definition) is 2. The number of ether oxygens (including phenoxy) is 1. The van der Waals surface area contributed by atoms with Crippen LogP contribution in [0.5, 0.6) is 0 Å². The molecule has 0 heterocycles. The molecule has 0 fully saturated rings. The van der Waals surface area contributed by atoms with E-state index in [9.17, 15) is 4.79 Å². The van der Waals surface area contributed by atoms with Crippen LogP contribution in [0.3, 0.4) is 0 Å². The zero-order chi connectivity index (χ0) is 19.3. The first-order chi connectivity index (χ1) is 12.8. The van der Waals surface area contributed by atoms with E-state index < -0.39 is 0 Å². The van der Waals surface area contributed by atoms with Gasteiger partial charge in [0.25, 0.3) is 0 Å². The van der Waals surface area contributed by atoms with E-state index in [1.165, 1.54) is 103 Å². The Bertz CT molecular complexity index is 288. The third-order valence-electron chi connectivity index (χ3n) is 5.52. The van der Waals surface area contributed by atoms with Gasteiger partial charge < -0.3 is 4.74 Å². The molecular weight excluding hydrogens is 320 g/mol. The standard InChI is InChI=1S/C24H48O2/c1-4-7-8-9-10-11-12-13-14-15-16-17-18-19-20-21-22-23(5-2)24(25)26-6-3/h23H,4-22H2,1-3H3. The molecule has 0 saturated carbocycles. The van der Waals surface area contributed by atoms with E-state index in [-0.39, 0.29) is 11.9 Å². The highest BCUT2D eigenvalue weighted by molar-refractivity contribution is 5.72. The van der Waals surface area contributed by atoms with Gasteiger partial charge in [-0.15, -0.1) is 0 Å². The summed E-state index contributed by atoms with van der Waals surface area (Å²) in [7, 11) is 0. The van der Waals surface area contributed by atoms with Crippen LogP contribution >= 0.6 is 0 Å². The molecule has 26 heavy (non-hydrogen) atoms. The molecule has 0 aromatic heterocycles. The fourth-order valence-corrected chi connectivity index (χ4v) is 3.69. The predicted octanol–water partition coefficient (Wildman–Crippen LogP) is 8.23. The summed E-state index contributed by atoms with van der Waals surface area (Å²) in [5, 5.41) is 0. The van der Waals surface area contributed by atoms with E-state index in [4.69, 9.17) is 4.74 Å². The van der Waals surface area contributed by atoms with Crippen LogP contribution < -0.4 is 0 Å². The quantitative estimate of drug-likeness (QED) is 0.160. The molecule has 0 spiro atoms. The fourth-order valence-electron chi connectivity index (χ4n) is 3.69. The second kappa shape index (κ2) is 20.8. The first-order valence-electron chi connectivity index (χ1n) is 11.9. The van der Waals surface area contributed by atoms with Crippen molar-refractivity contribution in [1.82, 2.24) is 0 Å². The molecule has 156 valence electrons. The van der Waals surface area contributed by atoms with Crippen molar-refractivity contribution in [2.75, 3.05) is 6.61 Å². The van der Waals surface area contributed by atoms with Gasteiger partial charge in [0.05, 0.1) is 12.5 Å². The molecule has 1 atom stereocenters. The van der Waals surface area contributed by atoms with Gasteiger partial charge in [0, 0.05) is 0 Å². The van der Waals surface area contributed by atoms with Crippen LogP contribution in [-0.4, -0.2) is 12.6 Å². The van der Waals surface area contributed by atoms with Gasteiger partial charge in [-0.25, -0.2) is 0 Å². The Balaban J connectivity index is 3.23. The maximum Gasteiger partial charge on any atom is 0.308 e. The predicted molar refractivity (Wildman–Crippen MR) is 115 cm³/mol. The van der Waals surface area contributed by atoms with E-state index in [2.05, 4.69) is 13.8 Å². The Morgan fingerprint density at radius 3 is 1.35 bits per heavy atom. The highest BCUT2D eigenvalue weighted by Gasteiger charge is 2.16. The lowest BCUT2D eigenvalue weighted by atomic mass is 9.97. The number of unbranched alkanes of at least 4 members (excludes halogenated alkanes) is 15. The summed E-state index contributed by atoms with van der Waals surface area (Å²) in [4.78, 5) is 11.7. The molecule has 0 aromatic rings. The van der Waals surface area contributed by atoms with Crippen molar-refractivity contribution in [3.63, 3.8) is 0 Å². The molecule has 0 aliphatic heterocycles. The molecule has 0 amide bonds. The number of carbonyl (C=O) groups excluding carboxylic acids is 1. The summed E-state index contributed by atoms with van der Waals surface area (Å²) in [6, 6.07) is 0. The van der Waals surface area contributed by atoms with Crippen LogP contribution in [0.4, 0.5) is 0 Å². The Morgan fingerprint density at radius 1 is 0.615 bits per heavy atom. The lowest BCUT2D eigenvalue weighted by Crippen LogP contribution is -2.16. The summed E-state index contributed by atoms with van der Waals surface area (Å²) in [6.07, 6.45) is 24.2. The monoisotopic (exact) mass is 368 g/mol. The van der Waals surface area contributed by atoms with E-state index >= 15 is 0 Å². The maximum absolute atomic E-state index is 11.7. The minimum Gasteiger partial charge on any atom is -0.466 e. The summed E-state index contributed by atoms with van der Waals surface area (Å²) in [5.74, 6) is 0.137. The Labute approximate surface area is 164 Å². The van der Waals surface area contributed by atoms with Gasteiger partial charge in [0.15, 0.2) is 0 Å². The van der Waals surface area contributed by atoms with Crippen molar-refractivity contribution >= 4 is 5.97 Å².